The summed E-state index contributed by atoms with van der Waals surface area (Å²) in [7, 11) is 3.47. The molecule has 1 saturated carbocycles. The number of anilines is 1. The Morgan fingerprint density at radius 2 is 2.11 bits per heavy atom. The standard InChI is InChI=1S/C20H33N5O3/c1-14(2)9-24-11-17(7-18(24)12-28-13-19(26)23(3)4)25-10-16(8-21-25)22-20(27)15-5-6-15/h8,10,14-15,17-18H,5-7,9,11-13H2,1-4H3,(H,22,27)/t17-,18-/m0/s1. The summed E-state index contributed by atoms with van der Waals surface area (Å²) in [6.07, 6.45) is 6.56. The van der Waals surface area contributed by atoms with Crippen LogP contribution in [0.2, 0.25) is 0 Å². The van der Waals surface area contributed by atoms with Gasteiger partial charge in [-0.3, -0.25) is 19.2 Å². The summed E-state index contributed by atoms with van der Waals surface area (Å²) in [6, 6.07) is 0.500. The SMILES string of the molecule is CC(C)CN1C[C@@H](n2cc(NC(=O)C3CC3)cn2)C[C@H]1COCC(=O)N(C)C. The van der Waals surface area contributed by atoms with Crippen molar-refractivity contribution in [1.82, 2.24) is 19.6 Å². The third-order valence-electron chi connectivity index (χ3n) is 5.33. The van der Waals surface area contributed by atoms with E-state index in [4.69, 9.17) is 4.74 Å². The van der Waals surface area contributed by atoms with E-state index < -0.39 is 0 Å². The fourth-order valence-corrected chi connectivity index (χ4v) is 3.62. The Labute approximate surface area is 167 Å². The Morgan fingerprint density at radius 3 is 2.75 bits per heavy atom. The van der Waals surface area contributed by atoms with Crippen LogP contribution in [0, 0.1) is 11.8 Å². The maximum atomic E-state index is 11.9. The Bertz CT molecular complexity index is 683. The van der Waals surface area contributed by atoms with Crippen LogP contribution in [0.25, 0.3) is 0 Å². The zero-order valence-corrected chi connectivity index (χ0v) is 17.4. The van der Waals surface area contributed by atoms with E-state index in [1.54, 1.807) is 25.2 Å². The zero-order chi connectivity index (χ0) is 20.3. The second-order valence-corrected chi connectivity index (χ2v) is 8.67. The third kappa shape index (κ3) is 5.54. The van der Waals surface area contributed by atoms with Crippen LogP contribution in [0.4, 0.5) is 5.69 Å². The summed E-state index contributed by atoms with van der Waals surface area (Å²) in [5, 5.41) is 7.44. The number of ether oxygens (including phenoxy) is 1. The lowest BCUT2D eigenvalue weighted by molar-refractivity contribution is -0.134. The first-order valence-electron chi connectivity index (χ1n) is 10.2. The van der Waals surface area contributed by atoms with Gasteiger partial charge in [-0.25, -0.2) is 0 Å². The maximum absolute atomic E-state index is 11.9. The van der Waals surface area contributed by atoms with Gasteiger partial charge >= 0.3 is 0 Å². The fraction of sp³-hybridized carbons (Fsp3) is 0.750. The predicted molar refractivity (Wildman–Crippen MR) is 107 cm³/mol. The molecule has 2 fully saturated rings. The number of carbonyl (C=O) groups excluding carboxylic acids is 2. The molecule has 2 heterocycles. The number of amides is 2. The van der Waals surface area contributed by atoms with Gasteiger partial charge in [0.25, 0.3) is 0 Å². The summed E-state index contributed by atoms with van der Waals surface area (Å²) >= 11 is 0. The monoisotopic (exact) mass is 391 g/mol. The van der Waals surface area contributed by atoms with Crippen molar-refractivity contribution in [2.45, 2.75) is 45.2 Å². The molecule has 2 aliphatic rings. The Hall–Kier alpha value is -1.93. The number of nitrogens with one attached hydrogen (secondary N) is 1. The van der Waals surface area contributed by atoms with Crippen LogP contribution in [-0.4, -0.2) is 77.8 Å². The molecule has 0 bridgehead atoms. The number of nitrogens with zero attached hydrogens (tertiary/aromatic N) is 4. The molecule has 0 spiro atoms. The molecule has 2 atom stereocenters. The topological polar surface area (TPSA) is 79.7 Å². The average Bonchev–Trinajstić information content (AvgIpc) is 3.27. The van der Waals surface area contributed by atoms with Gasteiger partial charge in [0.05, 0.1) is 24.5 Å². The highest BCUT2D eigenvalue weighted by atomic mass is 16.5. The number of likely N-dealkylation sites (tertiary alicyclic amines) is 1. The van der Waals surface area contributed by atoms with Crippen molar-refractivity contribution in [2.24, 2.45) is 11.8 Å². The molecule has 8 heteroatoms. The lowest BCUT2D eigenvalue weighted by Gasteiger charge is -2.25. The second-order valence-electron chi connectivity index (χ2n) is 8.67. The van der Waals surface area contributed by atoms with Crippen LogP contribution in [-0.2, 0) is 14.3 Å². The van der Waals surface area contributed by atoms with Crippen molar-refractivity contribution in [3.63, 3.8) is 0 Å². The van der Waals surface area contributed by atoms with Crippen LogP contribution in [0.5, 0.6) is 0 Å². The molecule has 1 N–H and O–H groups in total. The molecule has 1 aromatic heterocycles. The van der Waals surface area contributed by atoms with Crippen LogP contribution >= 0.6 is 0 Å². The average molecular weight is 392 g/mol. The first-order chi connectivity index (χ1) is 13.3. The van der Waals surface area contributed by atoms with Gasteiger partial charge in [0.2, 0.25) is 11.8 Å². The quantitative estimate of drug-likeness (QED) is 0.692. The molecule has 1 aliphatic heterocycles. The van der Waals surface area contributed by atoms with Gasteiger partial charge < -0.3 is 15.0 Å². The van der Waals surface area contributed by atoms with Gasteiger partial charge in [0, 0.05) is 45.3 Å². The number of hydrogen-bond acceptors (Lipinski definition) is 5. The molecule has 1 aromatic rings. The highest BCUT2D eigenvalue weighted by Gasteiger charge is 2.34. The van der Waals surface area contributed by atoms with Gasteiger partial charge in [0.1, 0.15) is 6.61 Å². The first-order valence-corrected chi connectivity index (χ1v) is 10.2. The molecule has 156 valence electrons. The van der Waals surface area contributed by atoms with E-state index in [2.05, 4.69) is 29.2 Å². The van der Waals surface area contributed by atoms with Gasteiger partial charge in [0.15, 0.2) is 0 Å². The third-order valence-corrected chi connectivity index (χ3v) is 5.33. The molecular formula is C20H33N5O3. The summed E-state index contributed by atoms with van der Waals surface area (Å²) in [5.41, 5.74) is 0.767. The summed E-state index contributed by atoms with van der Waals surface area (Å²) in [5.74, 6) is 0.816. The Balaban J connectivity index is 1.57. The molecule has 0 unspecified atom stereocenters. The van der Waals surface area contributed by atoms with Crippen molar-refractivity contribution in [3.05, 3.63) is 12.4 Å². The smallest absolute Gasteiger partial charge is 0.248 e. The number of hydrogen-bond donors (Lipinski definition) is 1. The minimum Gasteiger partial charge on any atom is -0.370 e. The predicted octanol–water partition coefficient (Wildman–Crippen LogP) is 1.61. The molecule has 1 saturated heterocycles. The van der Waals surface area contributed by atoms with E-state index >= 15 is 0 Å². The van der Waals surface area contributed by atoms with E-state index in [1.807, 2.05) is 10.9 Å². The van der Waals surface area contributed by atoms with Crippen LogP contribution in [0.1, 0.15) is 39.2 Å². The van der Waals surface area contributed by atoms with E-state index in [0.29, 0.717) is 12.5 Å². The van der Waals surface area contributed by atoms with Gasteiger partial charge in [-0.2, -0.15) is 5.10 Å². The highest BCUT2D eigenvalue weighted by molar-refractivity contribution is 5.93. The van der Waals surface area contributed by atoms with Gasteiger partial charge in [-0.1, -0.05) is 13.8 Å². The minimum atomic E-state index is -0.0203. The van der Waals surface area contributed by atoms with Crippen molar-refractivity contribution in [3.8, 4) is 0 Å². The van der Waals surface area contributed by atoms with Crippen molar-refractivity contribution >= 4 is 17.5 Å². The maximum Gasteiger partial charge on any atom is 0.248 e. The number of carbonyl (C=O) groups is 2. The molecule has 0 radical (unpaired) electrons. The van der Waals surface area contributed by atoms with E-state index in [9.17, 15) is 9.59 Å². The van der Waals surface area contributed by atoms with E-state index in [-0.39, 0.29) is 36.4 Å². The van der Waals surface area contributed by atoms with E-state index in [1.165, 1.54) is 0 Å². The number of likely N-dealkylation sites (N-methyl/N-ethyl adjacent to an activating group) is 1. The molecular weight excluding hydrogens is 358 g/mol. The second kappa shape index (κ2) is 9.05. The van der Waals surface area contributed by atoms with Crippen molar-refractivity contribution in [1.29, 1.82) is 0 Å². The normalized spacial score (nSPS) is 22.6. The fourth-order valence-electron chi connectivity index (χ4n) is 3.62. The van der Waals surface area contributed by atoms with Crippen LogP contribution in [0.15, 0.2) is 12.4 Å². The van der Waals surface area contributed by atoms with E-state index in [0.717, 1.165) is 38.0 Å². The number of rotatable bonds is 9. The molecule has 0 aromatic carbocycles. The first kappa shape index (κ1) is 20.8. The van der Waals surface area contributed by atoms with Gasteiger partial charge in [-0.05, 0) is 25.2 Å². The minimum absolute atomic E-state index is 0.0203. The van der Waals surface area contributed by atoms with Crippen molar-refractivity contribution < 1.29 is 14.3 Å². The molecule has 1 aliphatic carbocycles. The van der Waals surface area contributed by atoms with Gasteiger partial charge in [-0.15, -0.1) is 0 Å². The molecule has 2 amide bonds. The van der Waals surface area contributed by atoms with Crippen LogP contribution in [0.3, 0.4) is 0 Å². The Morgan fingerprint density at radius 1 is 1.36 bits per heavy atom. The largest absolute Gasteiger partial charge is 0.370 e. The zero-order valence-electron chi connectivity index (χ0n) is 17.4. The van der Waals surface area contributed by atoms with Crippen molar-refractivity contribution in [2.75, 3.05) is 45.7 Å². The lowest BCUT2D eigenvalue weighted by atomic mass is 10.1. The summed E-state index contributed by atoms with van der Waals surface area (Å²) in [4.78, 5) is 27.7. The van der Waals surface area contributed by atoms with Crippen LogP contribution < -0.4 is 5.32 Å². The summed E-state index contributed by atoms with van der Waals surface area (Å²) in [6.45, 7) is 6.95. The lowest BCUT2D eigenvalue weighted by Crippen LogP contribution is -2.37. The molecule has 8 nitrogen and oxygen atoms in total. The highest BCUT2D eigenvalue weighted by Crippen LogP contribution is 2.31. The number of aromatic nitrogens is 2. The Kier molecular flexibility index (Phi) is 6.72. The summed E-state index contributed by atoms with van der Waals surface area (Å²) < 4.78 is 7.67. The molecule has 3 rings (SSSR count). The molecule has 28 heavy (non-hydrogen) atoms.